The molecule has 0 spiro atoms. The van der Waals surface area contributed by atoms with Crippen LogP contribution < -0.4 is 20.4 Å². The minimum atomic E-state index is -2.58. The van der Waals surface area contributed by atoms with Crippen LogP contribution >= 0.6 is 203 Å². The number of esters is 9. The highest BCUT2D eigenvalue weighted by Gasteiger charge is 2.47. The van der Waals surface area contributed by atoms with E-state index >= 15 is 33.6 Å². The molecule has 9 unspecified atom stereocenters. The number of ether oxygens (including phenoxy) is 9. The maximum absolute atomic E-state index is 17.2. The lowest BCUT2D eigenvalue weighted by Crippen LogP contribution is -2.50. The van der Waals surface area contributed by atoms with Crippen LogP contribution in [0, 0.1) is 32.1 Å². The summed E-state index contributed by atoms with van der Waals surface area (Å²) in [5, 5.41) is 68.2. The van der Waals surface area contributed by atoms with Crippen molar-refractivity contribution in [2.75, 3.05) is 101 Å². The third kappa shape index (κ3) is 28.3. The van der Waals surface area contributed by atoms with E-state index in [1.54, 1.807) is 210 Å². The minimum Gasteiger partial charge on any atom is -0.462 e. The quantitative estimate of drug-likeness (QED) is 0.0219. The Balaban J connectivity index is 3.30. The maximum atomic E-state index is 17.2. The van der Waals surface area contributed by atoms with Crippen molar-refractivity contribution in [1.82, 2.24) is 14.7 Å². The van der Waals surface area contributed by atoms with Gasteiger partial charge < -0.3 is 98.6 Å². The van der Waals surface area contributed by atoms with E-state index in [1.165, 1.54) is 21.1 Å². The summed E-state index contributed by atoms with van der Waals surface area (Å²) in [6, 6.07) is 0. The molecule has 3 aromatic carbocycles. The van der Waals surface area contributed by atoms with E-state index in [0.29, 0.717) is 4.90 Å². The molecule has 0 aliphatic heterocycles. The second-order valence-electron chi connectivity index (χ2n) is 24.2. The number of likely N-dealkylation sites (N-methyl/N-ethyl adjacent to an activating group) is 3. The number of nitrogens with one attached hydrogen (secondary N) is 2. The van der Waals surface area contributed by atoms with Gasteiger partial charge in [0.2, 0.25) is 24.2 Å². The molecular weight excluding hydrogens is 2540 g/mol. The van der Waals surface area contributed by atoms with Crippen molar-refractivity contribution in [2.45, 2.75) is 137 Å². The van der Waals surface area contributed by atoms with Crippen LogP contribution in [-0.2, 0) is 105 Å². The average Bonchev–Trinajstić information content (AvgIpc) is 0.718. The smallest absolute Gasteiger partial charge is 0.303 e. The molecule has 47 heteroatoms. The van der Waals surface area contributed by atoms with Crippen molar-refractivity contribution >= 4 is 333 Å². The average molecular weight is 2620 g/mol. The SMILES string of the molecule is CCCC(=O)N(c1c(I)c(NC(=O)C(OC(C)=O)C(COC(C)=O)OC(C)=O)c(I)c(C(=O)N(C)CC(O)CO)c1I)c1c(I)c(C(=O)N(C)CC(O)CO)c(I)c(N(C(=O)C(OC(C)=O)C(COC(C)=O)OC(C)=O)c2c(I)c(NC(=O)C(OC(C)=O)C(COC(C)=O)OC(C)=O)c(I)c(C(=O)N(C)CC(O)CO)c2I)c1I. The van der Waals surface area contributed by atoms with Gasteiger partial charge in [0.15, 0.2) is 18.3 Å². The van der Waals surface area contributed by atoms with Crippen LogP contribution in [0.5, 0.6) is 0 Å². The molecule has 7 amide bonds. The summed E-state index contributed by atoms with van der Waals surface area (Å²) in [6.07, 6.45) is -18.5. The second-order valence-corrected chi connectivity index (χ2v) is 33.9. The first-order chi connectivity index (χ1) is 53.0. The second kappa shape index (κ2) is 48.1. The standard InChI is InChI=1S/C67H78I9N7O31/c1-14-15-40(99)82(55-46(70)41(64(102)79(11)16-34(96)19-84)44(68)53(50(55)74)77-62(100)59(112-31(8)93)37(109-28(5)90)22-106-25(2)87)57-48(72)43(66(104)81(13)18-36(98)21-86)49(73)58(52(57)76)83(67(105)61(114-33(10)95)39(111-30(7)92)24-108-27(4)89)56-47(71)42(65(103)80(12)17-35(97)20-85)45(69)54(51(56)75)78-63(101)60(113-32(9)94)38(110-29(6)91)23-107-26(3)88/h34-39,59-61,84-86,96-98H,14-24H2,1-13H3,(H,77,100)(H,78,101). The van der Waals surface area contributed by atoms with Crippen molar-refractivity contribution in [3.63, 3.8) is 0 Å². The number of amides is 7. The van der Waals surface area contributed by atoms with Gasteiger partial charge in [-0.15, -0.1) is 0 Å². The lowest BCUT2D eigenvalue weighted by molar-refractivity contribution is -0.176. The number of hydrogen-bond acceptors (Lipinski definition) is 31. The summed E-state index contributed by atoms with van der Waals surface area (Å²) in [7, 11) is 3.56. The first kappa shape index (κ1) is 104. The molecule has 0 bridgehead atoms. The van der Waals surface area contributed by atoms with Crippen LogP contribution in [0.4, 0.5) is 34.1 Å². The Kier molecular flexibility index (Phi) is 43.7. The molecule has 0 saturated carbocycles. The zero-order valence-electron chi connectivity index (χ0n) is 62.5. The number of carbonyl (C=O) groups excluding carboxylic acids is 16. The molecule has 38 nitrogen and oxygen atoms in total. The Morgan fingerprint density at radius 1 is 0.351 bits per heavy atom. The van der Waals surface area contributed by atoms with E-state index in [0.717, 1.165) is 81.9 Å². The molecule has 0 saturated heterocycles. The molecule has 0 aliphatic carbocycles. The summed E-state index contributed by atoms with van der Waals surface area (Å²) in [5.74, 6) is -18.4. The van der Waals surface area contributed by atoms with Gasteiger partial charge in [0.25, 0.3) is 35.4 Å². The number of carbonyl (C=O) groups is 16. The summed E-state index contributed by atoms with van der Waals surface area (Å²) in [4.78, 5) is 231. The number of aliphatic hydroxyl groups excluding tert-OH is 6. The molecule has 0 aliphatic rings. The van der Waals surface area contributed by atoms with Gasteiger partial charge in [-0.1, -0.05) is 6.92 Å². The van der Waals surface area contributed by atoms with Crippen molar-refractivity contribution in [2.24, 2.45) is 0 Å². The number of nitrogens with zero attached hydrogens (tertiary/aromatic N) is 5. The Bertz CT molecular complexity index is 4230. The van der Waals surface area contributed by atoms with Gasteiger partial charge in [0.1, 0.15) is 19.8 Å². The van der Waals surface area contributed by atoms with Gasteiger partial charge in [-0.3, -0.25) is 86.5 Å². The van der Waals surface area contributed by atoms with Gasteiger partial charge in [-0.25, -0.2) is 0 Å². The highest BCUT2D eigenvalue weighted by molar-refractivity contribution is 14.1. The minimum absolute atomic E-state index is 0.0295. The van der Waals surface area contributed by atoms with Crippen LogP contribution in [-0.4, -0.2) is 276 Å². The number of rotatable bonds is 38. The van der Waals surface area contributed by atoms with Crippen molar-refractivity contribution < 1.29 is 150 Å². The van der Waals surface area contributed by atoms with E-state index in [4.69, 9.17) is 42.6 Å². The molecule has 0 radical (unpaired) electrons. The maximum Gasteiger partial charge on any atom is 0.303 e. The van der Waals surface area contributed by atoms with Gasteiger partial charge in [0.05, 0.1) is 121 Å². The fourth-order valence-corrected chi connectivity index (χ4v) is 23.5. The largest absolute Gasteiger partial charge is 0.462 e. The van der Waals surface area contributed by atoms with Crippen LogP contribution in [0.2, 0.25) is 0 Å². The third-order valence-corrected chi connectivity index (χ3v) is 24.4. The van der Waals surface area contributed by atoms with Crippen molar-refractivity contribution in [3.05, 3.63) is 48.8 Å². The Hall–Kier alpha value is -4.49. The number of anilines is 6. The first-order valence-corrected chi connectivity index (χ1v) is 42.7. The molecule has 8 N–H and O–H groups in total. The fraction of sp³-hybridized carbons (Fsp3) is 0.493. The Labute approximate surface area is 774 Å². The highest BCUT2D eigenvalue weighted by Crippen LogP contribution is 2.53. The van der Waals surface area contributed by atoms with E-state index in [-0.39, 0.29) is 44.2 Å². The summed E-state index contributed by atoms with van der Waals surface area (Å²) in [5.41, 5.74) is -4.45. The summed E-state index contributed by atoms with van der Waals surface area (Å²) < 4.78 is 46.1. The van der Waals surface area contributed by atoms with Crippen molar-refractivity contribution in [1.29, 1.82) is 0 Å². The zero-order valence-corrected chi connectivity index (χ0v) is 81.9. The van der Waals surface area contributed by atoms with Crippen molar-refractivity contribution in [3.8, 4) is 0 Å². The predicted molar refractivity (Wildman–Crippen MR) is 474 cm³/mol. The molecule has 0 aromatic heterocycles. The van der Waals surface area contributed by atoms with E-state index in [2.05, 4.69) is 10.6 Å². The Morgan fingerprint density at radius 2 is 0.605 bits per heavy atom. The zero-order chi connectivity index (χ0) is 87.3. The molecule has 630 valence electrons. The van der Waals surface area contributed by atoms with Gasteiger partial charge in [0, 0.05) is 110 Å². The molecule has 114 heavy (non-hydrogen) atoms. The van der Waals surface area contributed by atoms with E-state index < -0.39 is 261 Å². The monoisotopic (exact) mass is 2620 g/mol. The lowest BCUT2D eigenvalue weighted by Gasteiger charge is -2.37. The molecule has 3 aromatic rings. The number of aliphatic hydroxyl groups is 6. The van der Waals surface area contributed by atoms with Crippen LogP contribution in [0.25, 0.3) is 0 Å². The van der Waals surface area contributed by atoms with Crippen LogP contribution in [0.1, 0.15) is 113 Å². The number of halogens is 9. The number of hydrogen-bond donors (Lipinski definition) is 8. The normalized spacial score (nSPS) is 13.4. The summed E-state index contributed by atoms with van der Waals surface area (Å²) >= 11 is 14.9. The van der Waals surface area contributed by atoms with Crippen LogP contribution in [0.15, 0.2) is 0 Å². The first-order valence-electron chi connectivity index (χ1n) is 33.0. The summed E-state index contributed by atoms with van der Waals surface area (Å²) in [6.45, 7) is 2.18. The van der Waals surface area contributed by atoms with Gasteiger partial charge in [-0.2, -0.15) is 0 Å². The Morgan fingerprint density at radius 3 is 0.877 bits per heavy atom. The fourth-order valence-electron chi connectivity index (χ4n) is 10.2. The van der Waals surface area contributed by atoms with E-state index in [1.807, 2.05) is 0 Å². The predicted octanol–water partition coefficient (Wildman–Crippen LogP) is 4.69. The highest BCUT2D eigenvalue weighted by atomic mass is 127. The molecule has 0 fully saturated rings. The molecule has 3 rings (SSSR count). The third-order valence-electron chi connectivity index (χ3n) is 14.9. The van der Waals surface area contributed by atoms with E-state index in [9.17, 15) is 73.8 Å². The lowest BCUT2D eigenvalue weighted by atomic mass is 10.0. The molecule has 0 heterocycles. The molecule has 9 atom stereocenters. The van der Waals surface area contributed by atoms with Gasteiger partial charge in [-0.05, 0) is 210 Å². The van der Waals surface area contributed by atoms with Crippen LogP contribution in [0.3, 0.4) is 0 Å². The number of benzene rings is 3. The molecular formula is C67H78I9N7O31. The topological polar surface area (TPSA) is 518 Å². The van der Waals surface area contributed by atoms with Gasteiger partial charge >= 0.3 is 53.7 Å².